The van der Waals surface area contributed by atoms with Crippen LogP contribution in [0.1, 0.15) is 80.0 Å². The van der Waals surface area contributed by atoms with Crippen LogP contribution in [-0.4, -0.2) is 32.7 Å². The fraction of sp³-hybridized carbons (Fsp3) is 0.414. The molecule has 37 heavy (non-hydrogen) atoms. The van der Waals surface area contributed by atoms with Crippen molar-refractivity contribution in [2.45, 2.75) is 77.1 Å². The van der Waals surface area contributed by atoms with E-state index in [-0.39, 0.29) is 12.3 Å². The number of aryl methyl sites for hydroxylation is 2. The van der Waals surface area contributed by atoms with E-state index < -0.39 is 18.2 Å². The Morgan fingerprint density at radius 2 is 1.95 bits per heavy atom. The van der Waals surface area contributed by atoms with Gasteiger partial charge in [-0.15, -0.1) is 0 Å². The molecule has 2 unspecified atom stereocenters. The quantitative estimate of drug-likeness (QED) is 0.291. The first-order valence-corrected chi connectivity index (χ1v) is 12.9. The van der Waals surface area contributed by atoms with Gasteiger partial charge in [-0.25, -0.2) is 0 Å². The van der Waals surface area contributed by atoms with Crippen molar-refractivity contribution in [3.63, 3.8) is 0 Å². The lowest BCUT2D eigenvalue weighted by Gasteiger charge is -2.20. The van der Waals surface area contributed by atoms with Crippen molar-refractivity contribution in [2.75, 3.05) is 5.32 Å². The Bertz CT molecular complexity index is 1330. The van der Waals surface area contributed by atoms with E-state index in [0.29, 0.717) is 30.1 Å². The number of carboxylic acid groups (broad SMARTS) is 1. The standard InChI is InChI=1S/C29H34N4O4/c1-18-17-33(26-15-22(12-13-24(18)26)29(37)31-23-7-3-4-8-23)19(2)28(36)32-25-14-20(16-30)10-11-21(25)6-5-9-27(34)35/h10-15,17,19,23,29,31,37H,3-9H2,1-2H3,(H,32,36)(H,34,35). The molecule has 4 rings (SSSR count). The molecule has 194 valence electrons. The van der Waals surface area contributed by atoms with Gasteiger partial charge in [0.05, 0.1) is 11.6 Å². The Labute approximate surface area is 216 Å². The van der Waals surface area contributed by atoms with Gasteiger partial charge in [0.2, 0.25) is 5.91 Å². The maximum Gasteiger partial charge on any atom is 0.303 e. The minimum Gasteiger partial charge on any atom is -0.481 e. The number of hydrogen-bond acceptors (Lipinski definition) is 5. The maximum atomic E-state index is 13.4. The molecule has 1 fully saturated rings. The van der Waals surface area contributed by atoms with Crippen LogP contribution in [0.5, 0.6) is 0 Å². The van der Waals surface area contributed by atoms with Gasteiger partial charge in [0.1, 0.15) is 12.3 Å². The van der Waals surface area contributed by atoms with Gasteiger partial charge in [-0.05, 0) is 74.4 Å². The number of carbonyl (C=O) groups excluding carboxylic acids is 1. The summed E-state index contributed by atoms with van der Waals surface area (Å²) >= 11 is 0. The van der Waals surface area contributed by atoms with E-state index in [4.69, 9.17) is 5.11 Å². The summed E-state index contributed by atoms with van der Waals surface area (Å²) in [5, 5.41) is 36.4. The molecule has 0 spiro atoms. The number of nitrogens with zero attached hydrogens (tertiary/aromatic N) is 2. The number of carbonyl (C=O) groups is 2. The third-order valence-corrected chi connectivity index (χ3v) is 7.25. The molecule has 0 radical (unpaired) electrons. The highest BCUT2D eigenvalue weighted by Crippen LogP contribution is 2.29. The van der Waals surface area contributed by atoms with E-state index in [9.17, 15) is 20.0 Å². The summed E-state index contributed by atoms with van der Waals surface area (Å²) in [6.07, 6.45) is 6.59. The number of nitriles is 1. The summed E-state index contributed by atoms with van der Waals surface area (Å²) in [6, 6.07) is 12.8. The lowest BCUT2D eigenvalue weighted by atomic mass is 10.0. The van der Waals surface area contributed by atoms with Gasteiger partial charge in [0, 0.05) is 35.2 Å². The molecule has 1 heterocycles. The predicted molar refractivity (Wildman–Crippen MR) is 142 cm³/mol. The van der Waals surface area contributed by atoms with Crippen LogP contribution in [0.15, 0.2) is 42.6 Å². The first-order valence-electron chi connectivity index (χ1n) is 12.9. The summed E-state index contributed by atoms with van der Waals surface area (Å²) in [7, 11) is 0. The maximum absolute atomic E-state index is 13.4. The summed E-state index contributed by atoms with van der Waals surface area (Å²) < 4.78 is 1.91. The summed E-state index contributed by atoms with van der Waals surface area (Å²) in [5.41, 5.74) is 4.37. The highest BCUT2D eigenvalue weighted by atomic mass is 16.4. The number of fused-ring (bicyclic) bond motifs is 1. The van der Waals surface area contributed by atoms with E-state index in [1.165, 1.54) is 12.8 Å². The average molecular weight is 503 g/mol. The Morgan fingerprint density at radius 1 is 1.19 bits per heavy atom. The highest BCUT2D eigenvalue weighted by Gasteiger charge is 2.22. The molecule has 0 bridgehead atoms. The Hall–Kier alpha value is -3.67. The number of nitrogens with one attached hydrogen (secondary N) is 2. The zero-order chi connectivity index (χ0) is 26.5. The minimum atomic E-state index is -0.870. The Morgan fingerprint density at radius 3 is 2.65 bits per heavy atom. The van der Waals surface area contributed by atoms with Crippen LogP contribution < -0.4 is 10.6 Å². The second kappa shape index (κ2) is 11.6. The number of aromatic nitrogens is 1. The van der Waals surface area contributed by atoms with Crippen molar-refractivity contribution in [1.82, 2.24) is 9.88 Å². The third kappa shape index (κ3) is 6.19. The lowest BCUT2D eigenvalue weighted by Crippen LogP contribution is -2.30. The van der Waals surface area contributed by atoms with Crippen molar-refractivity contribution >= 4 is 28.5 Å². The van der Waals surface area contributed by atoms with E-state index >= 15 is 0 Å². The van der Waals surface area contributed by atoms with E-state index in [1.807, 2.05) is 42.8 Å². The topological polar surface area (TPSA) is 127 Å². The van der Waals surface area contributed by atoms with Crippen molar-refractivity contribution in [3.05, 3.63) is 64.8 Å². The predicted octanol–water partition coefficient (Wildman–Crippen LogP) is 4.95. The molecule has 1 aromatic heterocycles. The number of rotatable bonds is 10. The monoisotopic (exact) mass is 502 g/mol. The van der Waals surface area contributed by atoms with Gasteiger partial charge >= 0.3 is 5.97 Å². The molecule has 1 amide bonds. The van der Waals surface area contributed by atoms with Crippen molar-refractivity contribution in [1.29, 1.82) is 5.26 Å². The number of amides is 1. The number of benzene rings is 2. The number of aliphatic hydroxyl groups is 1. The van der Waals surface area contributed by atoms with Crippen LogP contribution in [0, 0.1) is 18.3 Å². The molecule has 1 saturated carbocycles. The van der Waals surface area contributed by atoms with E-state index in [2.05, 4.69) is 16.7 Å². The first kappa shape index (κ1) is 26.4. The molecular weight excluding hydrogens is 468 g/mol. The average Bonchev–Trinajstić information content (AvgIpc) is 3.51. The number of aliphatic hydroxyl groups excluding tert-OH is 1. The van der Waals surface area contributed by atoms with Crippen LogP contribution in [0.3, 0.4) is 0 Å². The number of hydrogen-bond donors (Lipinski definition) is 4. The number of anilines is 1. The SMILES string of the molecule is Cc1cn(C(C)C(=O)Nc2cc(C#N)ccc2CCCC(=O)O)c2cc(C(O)NC3CCCC3)ccc12. The number of aliphatic carboxylic acids is 1. The van der Waals surface area contributed by atoms with Crippen molar-refractivity contribution < 1.29 is 19.8 Å². The van der Waals surface area contributed by atoms with Crippen molar-refractivity contribution in [3.8, 4) is 6.07 Å². The fourth-order valence-electron chi connectivity index (χ4n) is 5.12. The van der Waals surface area contributed by atoms with Crippen LogP contribution in [-0.2, 0) is 16.0 Å². The molecule has 0 saturated heterocycles. The van der Waals surface area contributed by atoms with Crippen LogP contribution in [0.4, 0.5) is 5.69 Å². The van der Waals surface area contributed by atoms with Gasteiger partial charge in [-0.3, -0.25) is 14.9 Å². The molecular formula is C29H34N4O4. The minimum absolute atomic E-state index is 0.0300. The zero-order valence-corrected chi connectivity index (χ0v) is 21.3. The summed E-state index contributed by atoms with van der Waals surface area (Å²) in [6.45, 7) is 3.81. The van der Waals surface area contributed by atoms with E-state index in [1.54, 1.807) is 18.2 Å². The van der Waals surface area contributed by atoms with Gasteiger partial charge < -0.3 is 20.1 Å². The van der Waals surface area contributed by atoms with Gasteiger partial charge in [-0.2, -0.15) is 5.26 Å². The molecule has 2 aromatic carbocycles. The van der Waals surface area contributed by atoms with Gasteiger partial charge in [0.15, 0.2) is 0 Å². The smallest absolute Gasteiger partial charge is 0.303 e. The zero-order valence-electron chi connectivity index (χ0n) is 21.3. The van der Waals surface area contributed by atoms with Crippen LogP contribution >= 0.6 is 0 Å². The summed E-state index contributed by atoms with van der Waals surface area (Å²) in [4.78, 5) is 24.3. The molecule has 2 atom stereocenters. The third-order valence-electron chi connectivity index (χ3n) is 7.25. The molecule has 0 aliphatic heterocycles. The molecule has 1 aliphatic rings. The second-order valence-corrected chi connectivity index (χ2v) is 9.94. The van der Waals surface area contributed by atoms with Gasteiger partial charge in [-0.1, -0.05) is 31.0 Å². The number of carboxylic acids is 1. The van der Waals surface area contributed by atoms with Gasteiger partial charge in [0.25, 0.3) is 0 Å². The normalized spacial score (nSPS) is 15.4. The molecule has 8 heteroatoms. The Kier molecular flexibility index (Phi) is 8.27. The lowest BCUT2D eigenvalue weighted by molar-refractivity contribution is -0.137. The molecule has 8 nitrogen and oxygen atoms in total. The molecule has 1 aliphatic carbocycles. The first-order chi connectivity index (χ1) is 17.8. The largest absolute Gasteiger partial charge is 0.481 e. The fourth-order valence-corrected chi connectivity index (χ4v) is 5.12. The second-order valence-electron chi connectivity index (χ2n) is 9.94. The van der Waals surface area contributed by atoms with Crippen LogP contribution in [0.25, 0.3) is 10.9 Å². The molecule has 4 N–H and O–H groups in total. The van der Waals surface area contributed by atoms with Crippen LogP contribution in [0.2, 0.25) is 0 Å². The van der Waals surface area contributed by atoms with Crippen molar-refractivity contribution in [2.24, 2.45) is 0 Å². The summed E-state index contributed by atoms with van der Waals surface area (Å²) in [5.74, 6) is -1.12. The Balaban J connectivity index is 1.56. The highest BCUT2D eigenvalue weighted by molar-refractivity contribution is 5.96. The molecule has 3 aromatic rings. The van der Waals surface area contributed by atoms with E-state index in [0.717, 1.165) is 40.4 Å².